The molecule has 0 aliphatic heterocycles. The molecule has 202 valence electrons. The second kappa shape index (κ2) is 15.7. The van der Waals surface area contributed by atoms with Gasteiger partial charge in [0.2, 0.25) is 0 Å². The summed E-state index contributed by atoms with van der Waals surface area (Å²) in [5.74, 6) is -3.48. The Balaban J connectivity index is 1.67. The molecule has 0 saturated carbocycles. The van der Waals surface area contributed by atoms with Crippen molar-refractivity contribution >= 4 is 24.1 Å². The van der Waals surface area contributed by atoms with Crippen molar-refractivity contribution < 1.29 is 38.5 Å². The maximum atomic E-state index is 12.4. The van der Waals surface area contributed by atoms with E-state index in [0.29, 0.717) is 18.5 Å². The van der Waals surface area contributed by atoms with E-state index in [9.17, 15) is 33.8 Å². The number of alkyl halides is 1. The second-order valence-electron chi connectivity index (χ2n) is 8.13. The van der Waals surface area contributed by atoms with E-state index in [1.807, 2.05) is 30.3 Å². The summed E-state index contributed by atoms with van der Waals surface area (Å²) in [6.45, 7) is -0.526. The van der Waals surface area contributed by atoms with Crippen LogP contribution >= 0.6 is 0 Å². The number of urea groups is 1. The van der Waals surface area contributed by atoms with Gasteiger partial charge in [-0.3, -0.25) is 4.79 Å². The zero-order valence-corrected chi connectivity index (χ0v) is 20.1. The number of carboxylic acid groups (broad SMARTS) is 2. The summed E-state index contributed by atoms with van der Waals surface area (Å²) in [4.78, 5) is 46.9. The van der Waals surface area contributed by atoms with Crippen molar-refractivity contribution in [3.05, 3.63) is 47.8 Å². The van der Waals surface area contributed by atoms with E-state index >= 15 is 0 Å². The largest absolute Gasteiger partial charge is 0.481 e. The number of carbonyl (C=O) groups is 4. The number of alkyl carbamates (subject to hydrolysis) is 1. The number of ether oxygens (including phenoxy) is 1. The van der Waals surface area contributed by atoms with E-state index in [1.54, 1.807) is 0 Å². The Labute approximate surface area is 212 Å². The van der Waals surface area contributed by atoms with E-state index in [4.69, 9.17) is 4.74 Å². The van der Waals surface area contributed by atoms with Gasteiger partial charge >= 0.3 is 24.1 Å². The smallest absolute Gasteiger partial charge is 0.407 e. The second-order valence-corrected chi connectivity index (χ2v) is 8.13. The molecule has 1 aromatic carbocycles. The van der Waals surface area contributed by atoms with Gasteiger partial charge in [0.05, 0.1) is 18.2 Å². The lowest BCUT2D eigenvalue weighted by Gasteiger charge is -2.17. The molecule has 0 aliphatic carbocycles. The number of hydrogen-bond donors (Lipinski definition) is 5. The van der Waals surface area contributed by atoms with E-state index in [2.05, 4.69) is 26.3 Å². The number of aromatic nitrogens is 3. The molecule has 1 heterocycles. The molecule has 0 bridgehead atoms. The third kappa shape index (κ3) is 11.4. The lowest BCUT2D eigenvalue weighted by Crippen LogP contribution is -2.47. The summed E-state index contributed by atoms with van der Waals surface area (Å²) in [6.07, 6.45) is 1.73. The first-order chi connectivity index (χ1) is 17.8. The maximum absolute atomic E-state index is 12.4. The van der Waals surface area contributed by atoms with Crippen LogP contribution in [0.3, 0.4) is 0 Å². The molecule has 5 N–H and O–H groups in total. The fourth-order valence-corrected chi connectivity index (χ4v) is 3.25. The number of nitrogens with zero attached hydrogens (tertiary/aromatic N) is 3. The third-order valence-electron chi connectivity index (χ3n) is 5.22. The molecule has 37 heavy (non-hydrogen) atoms. The SMILES string of the molecule is O=C(NC[C@@H](Cc1cn(CCF)nn1)C(=O)O)NC(CCCCNC(=O)OCc1ccccc1)C(=O)O. The highest BCUT2D eigenvalue weighted by atomic mass is 19.1. The summed E-state index contributed by atoms with van der Waals surface area (Å²) in [5.41, 5.74) is 1.17. The highest BCUT2D eigenvalue weighted by Crippen LogP contribution is 2.07. The van der Waals surface area contributed by atoms with Gasteiger partial charge in [-0.2, -0.15) is 0 Å². The minimum absolute atomic E-state index is 0.00359. The number of carboxylic acids is 2. The van der Waals surface area contributed by atoms with Crippen molar-refractivity contribution in [3.63, 3.8) is 0 Å². The minimum atomic E-state index is -1.25. The molecule has 2 aromatic rings. The summed E-state index contributed by atoms with van der Waals surface area (Å²) in [5, 5.41) is 33.5. The normalized spacial score (nSPS) is 12.2. The Hall–Kier alpha value is -4.23. The van der Waals surface area contributed by atoms with Crippen molar-refractivity contribution in [1.82, 2.24) is 30.9 Å². The zero-order valence-electron chi connectivity index (χ0n) is 20.1. The monoisotopic (exact) mass is 522 g/mol. The van der Waals surface area contributed by atoms with E-state index in [-0.39, 0.29) is 39.1 Å². The van der Waals surface area contributed by atoms with Crippen molar-refractivity contribution in [2.45, 2.75) is 44.9 Å². The van der Waals surface area contributed by atoms with Gasteiger partial charge in [-0.1, -0.05) is 35.5 Å². The van der Waals surface area contributed by atoms with Crippen LogP contribution in [0, 0.1) is 5.92 Å². The molecule has 2 atom stereocenters. The minimum Gasteiger partial charge on any atom is -0.481 e. The molecule has 0 saturated heterocycles. The van der Waals surface area contributed by atoms with Crippen molar-refractivity contribution in [2.75, 3.05) is 19.8 Å². The third-order valence-corrected chi connectivity index (χ3v) is 5.22. The zero-order chi connectivity index (χ0) is 27.0. The van der Waals surface area contributed by atoms with Crippen molar-refractivity contribution in [2.24, 2.45) is 5.92 Å². The lowest BCUT2D eigenvalue weighted by molar-refractivity contribution is -0.142. The number of amides is 3. The van der Waals surface area contributed by atoms with Crippen molar-refractivity contribution in [3.8, 4) is 0 Å². The standard InChI is InChI=1S/C23H31FN6O7/c24-9-11-30-14-18(28-29-30)12-17(20(31)32)13-26-22(35)27-19(21(33)34)8-4-5-10-25-23(36)37-15-16-6-2-1-3-7-16/h1-3,6-7,14,17,19H,4-5,8-13,15H2,(H,25,36)(H,31,32)(H,33,34)(H2,26,27,35)/t17-,19?/m1/s1. The fourth-order valence-electron chi connectivity index (χ4n) is 3.25. The first-order valence-electron chi connectivity index (χ1n) is 11.7. The van der Waals surface area contributed by atoms with Gasteiger partial charge in [0.25, 0.3) is 0 Å². The predicted molar refractivity (Wildman–Crippen MR) is 127 cm³/mol. The molecule has 13 nitrogen and oxygen atoms in total. The van der Waals surface area contributed by atoms with Crippen molar-refractivity contribution in [1.29, 1.82) is 0 Å². The molecule has 1 aromatic heterocycles. The Morgan fingerprint density at radius 1 is 1.05 bits per heavy atom. The average Bonchev–Trinajstić information content (AvgIpc) is 3.31. The number of unbranched alkanes of at least 4 members (excludes halogenated alkanes) is 1. The predicted octanol–water partition coefficient (Wildman–Crippen LogP) is 1.34. The molecule has 0 aliphatic rings. The molecule has 0 fully saturated rings. The Kier molecular flexibility index (Phi) is 12.3. The van der Waals surface area contributed by atoms with Gasteiger partial charge < -0.3 is 30.9 Å². The number of aryl methyl sites for hydroxylation is 1. The van der Waals surface area contributed by atoms with Crippen LogP contribution in [0.1, 0.15) is 30.5 Å². The van der Waals surface area contributed by atoms with Crippen LogP contribution in [0.15, 0.2) is 36.5 Å². The number of benzene rings is 1. The van der Waals surface area contributed by atoms with Gasteiger partial charge in [-0.15, -0.1) is 5.10 Å². The van der Waals surface area contributed by atoms with Crippen LogP contribution in [-0.4, -0.2) is 75.1 Å². The summed E-state index contributed by atoms with van der Waals surface area (Å²) in [7, 11) is 0. The summed E-state index contributed by atoms with van der Waals surface area (Å²) in [6, 6.07) is 7.14. The Morgan fingerprint density at radius 2 is 1.81 bits per heavy atom. The van der Waals surface area contributed by atoms with E-state index < -0.39 is 42.7 Å². The topological polar surface area (TPSA) is 185 Å². The van der Waals surface area contributed by atoms with Crippen LogP contribution in [0.25, 0.3) is 0 Å². The quantitative estimate of drug-likeness (QED) is 0.203. The van der Waals surface area contributed by atoms with Gasteiger partial charge in [0, 0.05) is 25.7 Å². The first kappa shape index (κ1) is 29.0. The molecule has 14 heteroatoms. The van der Waals surface area contributed by atoms with E-state index in [0.717, 1.165) is 5.56 Å². The molecule has 2 rings (SSSR count). The van der Waals surface area contributed by atoms with E-state index in [1.165, 1.54) is 10.9 Å². The maximum Gasteiger partial charge on any atom is 0.407 e. The number of hydrogen-bond acceptors (Lipinski definition) is 7. The average molecular weight is 523 g/mol. The van der Waals surface area contributed by atoms with Gasteiger partial charge in [-0.05, 0) is 24.8 Å². The lowest BCUT2D eigenvalue weighted by atomic mass is 10.0. The fraction of sp³-hybridized carbons (Fsp3) is 0.478. The first-order valence-corrected chi connectivity index (χ1v) is 11.7. The number of aliphatic carboxylic acids is 2. The Morgan fingerprint density at radius 3 is 2.49 bits per heavy atom. The molecular weight excluding hydrogens is 491 g/mol. The van der Waals surface area contributed by atoms with Gasteiger partial charge in [-0.25, -0.2) is 23.5 Å². The number of carbonyl (C=O) groups excluding carboxylic acids is 2. The summed E-state index contributed by atoms with van der Waals surface area (Å²) < 4.78 is 18.7. The molecule has 0 spiro atoms. The molecule has 0 radical (unpaired) electrons. The Bertz CT molecular complexity index is 1020. The van der Waals surface area contributed by atoms with Gasteiger partial charge in [0.1, 0.15) is 19.3 Å². The number of rotatable bonds is 16. The van der Waals surface area contributed by atoms with Gasteiger partial charge in [0.15, 0.2) is 0 Å². The number of halogens is 1. The van der Waals surface area contributed by atoms with Crippen LogP contribution in [0.2, 0.25) is 0 Å². The van der Waals surface area contributed by atoms with Crippen LogP contribution in [0.4, 0.5) is 14.0 Å². The molecule has 1 unspecified atom stereocenters. The molecule has 3 amide bonds. The highest BCUT2D eigenvalue weighted by Gasteiger charge is 2.23. The van der Waals surface area contributed by atoms with Crippen LogP contribution in [0.5, 0.6) is 0 Å². The summed E-state index contributed by atoms with van der Waals surface area (Å²) >= 11 is 0. The number of nitrogens with one attached hydrogen (secondary N) is 3. The van der Waals surface area contributed by atoms with Crippen LogP contribution < -0.4 is 16.0 Å². The highest BCUT2D eigenvalue weighted by molar-refractivity contribution is 5.82. The molecular formula is C23H31FN6O7. The van der Waals surface area contributed by atoms with Crippen LogP contribution in [-0.2, 0) is 33.9 Å².